The highest BCUT2D eigenvalue weighted by atomic mass is 16.5. The first-order chi connectivity index (χ1) is 4.66. The Labute approximate surface area is 58.3 Å². The van der Waals surface area contributed by atoms with Gasteiger partial charge in [-0.2, -0.15) is 10.6 Å². The van der Waals surface area contributed by atoms with Crippen molar-refractivity contribution in [3.05, 3.63) is 0 Å². The molecule has 0 radical (unpaired) electrons. The lowest BCUT2D eigenvalue weighted by Crippen LogP contribution is -2.40. The van der Waals surface area contributed by atoms with Crippen molar-refractivity contribution in [1.29, 1.82) is 0 Å². The molecule has 1 aliphatic heterocycles. The summed E-state index contributed by atoms with van der Waals surface area (Å²) < 4.78 is 0. The van der Waals surface area contributed by atoms with Crippen molar-refractivity contribution in [2.45, 2.75) is 13.0 Å². The zero-order valence-electron chi connectivity index (χ0n) is 5.83. The molecule has 1 atom stereocenters. The van der Waals surface area contributed by atoms with Gasteiger partial charge in [-0.3, -0.25) is 4.79 Å². The van der Waals surface area contributed by atoms with Gasteiger partial charge in [-0.05, 0) is 6.92 Å². The van der Waals surface area contributed by atoms with Crippen LogP contribution in [0.3, 0.4) is 0 Å². The van der Waals surface area contributed by atoms with Crippen LogP contribution in [0.2, 0.25) is 0 Å². The molecule has 1 heterocycles. The molecule has 1 aliphatic rings. The Balaban J connectivity index is 2.78. The normalized spacial score (nSPS) is 25.5. The van der Waals surface area contributed by atoms with Gasteiger partial charge in [0.25, 0.3) is 5.91 Å². The molecule has 0 aromatic rings. The average molecular weight is 143 g/mol. The van der Waals surface area contributed by atoms with E-state index in [0.29, 0.717) is 5.71 Å². The lowest BCUT2D eigenvalue weighted by atomic mass is 10.2. The Bertz CT molecular complexity index is 189. The van der Waals surface area contributed by atoms with Crippen molar-refractivity contribution in [2.75, 3.05) is 7.05 Å². The Hall–Kier alpha value is -0.940. The number of hydrogen-bond donors (Lipinski definition) is 2. The first kappa shape index (κ1) is 7.17. The second kappa shape index (κ2) is 2.36. The van der Waals surface area contributed by atoms with Gasteiger partial charge in [0.15, 0.2) is 6.04 Å². The number of rotatable bonds is 1. The van der Waals surface area contributed by atoms with Crippen molar-refractivity contribution in [3.63, 3.8) is 0 Å². The van der Waals surface area contributed by atoms with Crippen LogP contribution in [-0.2, 0) is 4.79 Å². The van der Waals surface area contributed by atoms with Crippen molar-refractivity contribution in [3.8, 4) is 0 Å². The Morgan fingerprint density at radius 3 is 2.60 bits per heavy atom. The van der Waals surface area contributed by atoms with Crippen LogP contribution >= 0.6 is 0 Å². The summed E-state index contributed by atoms with van der Waals surface area (Å²) >= 11 is 0. The smallest absolute Gasteiger partial charge is 0.267 e. The summed E-state index contributed by atoms with van der Waals surface area (Å²) in [6, 6.07) is -0.648. The zero-order valence-corrected chi connectivity index (χ0v) is 5.83. The van der Waals surface area contributed by atoms with E-state index in [1.54, 1.807) is 14.0 Å². The van der Waals surface area contributed by atoms with Gasteiger partial charge >= 0.3 is 0 Å². The predicted octanol–water partition coefficient (Wildman–Crippen LogP) is -0.818. The molecule has 0 saturated heterocycles. The third kappa shape index (κ3) is 0.891. The van der Waals surface area contributed by atoms with Gasteiger partial charge in [0.05, 0.1) is 5.71 Å². The maximum atomic E-state index is 10.9. The van der Waals surface area contributed by atoms with E-state index in [9.17, 15) is 4.79 Å². The highest BCUT2D eigenvalue weighted by Gasteiger charge is 2.30. The van der Waals surface area contributed by atoms with Crippen LogP contribution in [0.15, 0.2) is 5.10 Å². The fourth-order valence-corrected chi connectivity index (χ4v) is 0.858. The lowest BCUT2D eigenvalue weighted by Gasteiger charge is -2.05. The molecule has 0 aliphatic carbocycles. The summed E-state index contributed by atoms with van der Waals surface area (Å²) in [7, 11) is 1.54. The van der Waals surface area contributed by atoms with E-state index in [4.69, 9.17) is 5.21 Å². The lowest BCUT2D eigenvalue weighted by molar-refractivity contribution is -0.130. The molecule has 2 N–H and O–H groups in total. The van der Waals surface area contributed by atoms with E-state index < -0.39 is 6.04 Å². The van der Waals surface area contributed by atoms with Crippen LogP contribution in [0.1, 0.15) is 6.92 Å². The van der Waals surface area contributed by atoms with Gasteiger partial charge < -0.3 is 5.21 Å². The molecule has 0 spiro atoms. The molecule has 10 heavy (non-hydrogen) atoms. The molecule has 1 amide bonds. The van der Waals surface area contributed by atoms with Gasteiger partial charge in [-0.25, -0.2) is 5.01 Å². The van der Waals surface area contributed by atoms with E-state index in [1.807, 2.05) is 5.48 Å². The molecular weight excluding hydrogens is 134 g/mol. The number of carbonyl (C=O) groups is 1. The van der Waals surface area contributed by atoms with Gasteiger partial charge in [0.1, 0.15) is 0 Å². The highest BCUT2D eigenvalue weighted by molar-refractivity contribution is 6.10. The topological polar surface area (TPSA) is 64.9 Å². The second-order valence-corrected chi connectivity index (χ2v) is 2.17. The first-order valence-electron chi connectivity index (χ1n) is 2.89. The Kier molecular flexibility index (Phi) is 1.69. The van der Waals surface area contributed by atoms with Crippen molar-refractivity contribution in [1.82, 2.24) is 10.5 Å². The fourth-order valence-electron chi connectivity index (χ4n) is 0.858. The number of likely N-dealkylation sites (N-methyl/N-ethyl adjacent to an activating group) is 1. The van der Waals surface area contributed by atoms with Gasteiger partial charge in [0, 0.05) is 7.05 Å². The molecule has 0 aromatic carbocycles. The van der Waals surface area contributed by atoms with Crippen molar-refractivity contribution in [2.24, 2.45) is 5.10 Å². The summed E-state index contributed by atoms with van der Waals surface area (Å²) in [5.74, 6) is -0.236. The van der Waals surface area contributed by atoms with E-state index in [2.05, 4.69) is 5.10 Å². The van der Waals surface area contributed by atoms with E-state index in [-0.39, 0.29) is 5.91 Å². The van der Waals surface area contributed by atoms with Gasteiger partial charge in [0.2, 0.25) is 0 Å². The summed E-state index contributed by atoms with van der Waals surface area (Å²) in [6.45, 7) is 1.68. The van der Waals surface area contributed by atoms with Gasteiger partial charge in [-0.15, -0.1) is 0 Å². The summed E-state index contributed by atoms with van der Waals surface area (Å²) in [5.41, 5.74) is 2.45. The Morgan fingerprint density at radius 1 is 1.80 bits per heavy atom. The third-order valence-electron chi connectivity index (χ3n) is 1.42. The fraction of sp³-hybridized carbons (Fsp3) is 0.600. The number of amides is 1. The van der Waals surface area contributed by atoms with Crippen LogP contribution in [-0.4, -0.2) is 34.9 Å². The quantitative estimate of drug-likeness (QED) is 0.471. The standard InChI is InChI=1S/C5H9N3O2/c1-3-4(7-10)5(9)8(2)6-3/h4,7,10H,1-2H3. The SMILES string of the molecule is CC1=NN(C)C(=O)C1NO. The minimum absolute atomic E-state index is 0.236. The van der Waals surface area contributed by atoms with Crippen LogP contribution < -0.4 is 5.48 Å². The third-order valence-corrected chi connectivity index (χ3v) is 1.42. The molecule has 56 valence electrons. The largest absolute Gasteiger partial charge is 0.316 e. The first-order valence-corrected chi connectivity index (χ1v) is 2.89. The highest BCUT2D eigenvalue weighted by Crippen LogP contribution is 2.04. The van der Waals surface area contributed by atoms with Crippen LogP contribution in [0.5, 0.6) is 0 Å². The summed E-state index contributed by atoms with van der Waals surface area (Å²) in [4.78, 5) is 10.9. The summed E-state index contributed by atoms with van der Waals surface area (Å²) in [5, 5.41) is 13.4. The molecular formula is C5H9N3O2. The van der Waals surface area contributed by atoms with Crippen LogP contribution in [0, 0.1) is 0 Å². The molecule has 0 saturated carbocycles. The number of nitrogens with one attached hydrogen (secondary N) is 1. The number of hydroxylamine groups is 1. The van der Waals surface area contributed by atoms with Crippen molar-refractivity contribution < 1.29 is 10.0 Å². The maximum Gasteiger partial charge on any atom is 0.267 e. The number of nitrogens with zero attached hydrogens (tertiary/aromatic N) is 2. The van der Waals surface area contributed by atoms with E-state index in [0.717, 1.165) is 0 Å². The molecule has 1 rings (SSSR count). The second-order valence-electron chi connectivity index (χ2n) is 2.17. The monoisotopic (exact) mass is 143 g/mol. The van der Waals surface area contributed by atoms with Gasteiger partial charge in [-0.1, -0.05) is 0 Å². The molecule has 1 unspecified atom stereocenters. The molecule has 0 fully saturated rings. The molecule has 5 heteroatoms. The molecule has 0 bridgehead atoms. The predicted molar refractivity (Wildman–Crippen MR) is 34.6 cm³/mol. The maximum absolute atomic E-state index is 10.9. The van der Waals surface area contributed by atoms with E-state index >= 15 is 0 Å². The minimum atomic E-state index is -0.648. The molecule has 5 nitrogen and oxygen atoms in total. The van der Waals surface area contributed by atoms with Crippen molar-refractivity contribution >= 4 is 11.6 Å². The average Bonchev–Trinajstić information content (AvgIpc) is 2.09. The Morgan fingerprint density at radius 2 is 2.40 bits per heavy atom. The summed E-state index contributed by atoms with van der Waals surface area (Å²) in [6.07, 6.45) is 0. The van der Waals surface area contributed by atoms with Crippen LogP contribution in [0.4, 0.5) is 0 Å². The number of hydrogen-bond acceptors (Lipinski definition) is 4. The van der Waals surface area contributed by atoms with Crippen LogP contribution in [0.25, 0.3) is 0 Å². The molecule has 0 aromatic heterocycles. The zero-order chi connectivity index (χ0) is 7.72. The number of hydrazone groups is 1. The number of carbonyl (C=O) groups excluding carboxylic acids is 1. The minimum Gasteiger partial charge on any atom is -0.316 e. The van der Waals surface area contributed by atoms with E-state index in [1.165, 1.54) is 5.01 Å².